The summed E-state index contributed by atoms with van der Waals surface area (Å²) in [6, 6.07) is 22.4. The first-order chi connectivity index (χ1) is 16.2. The molecule has 33 heavy (non-hydrogen) atoms. The summed E-state index contributed by atoms with van der Waals surface area (Å²) in [5, 5.41) is 4.68. The van der Waals surface area contributed by atoms with E-state index in [2.05, 4.69) is 88.1 Å². The minimum atomic E-state index is 0.268. The van der Waals surface area contributed by atoms with Gasteiger partial charge >= 0.3 is 0 Å². The van der Waals surface area contributed by atoms with Gasteiger partial charge in [0.2, 0.25) is 0 Å². The van der Waals surface area contributed by atoms with Crippen LogP contribution in [-0.4, -0.2) is 37.6 Å². The van der Waals surface area contributed by atoms with Gasteiger partial charge in [0.15, 0.2) is 0 Å². The molecule has 2 aliphatic heterocycles. The van der Waals surface area contributed by atoms with Crippen molar-refractivity contribution in [2.75, 3.05) is 37.6 Å². The number of rotatable bonds is 8. The Labute approximate surface area is 204 Å². The lowest BCUT2D eigenvalue weighted by molar-refractivity contribution is 0.147. The number of piperidine rings is 1. The minimum absolute atomic E-state index is 0.268. The topological polar surface area (TPSA) is 6.48 Å². The molecule has 0 spiro atoms. The summed E-state index contributed by atoms with van der Waals surface area (Å²) < 4.78 is 0. The van der Waals surface area contributed by atoms with Gasteiger partial charge in [0.25, 0.3) is 0 Å². The molecule has 3 heteroatoms. The van der Waals surface area contributed by atoms with Gasteiger partial charge in [-0.25, -0.2) is 0 Å². The Hall–Kier alpha value is -2.10. The number of anilines is 1. The number of nitrogens with zero attached hydrogens (tertiary/aromatic N) is 2. The van der Waals surface area contributed by atoms with E-state index in [1.165, 1.54) is 75.0 Å². The molecule has 0 amide bonds. The first kappa shape index (κ1) is 22.7. The lowest BCUT2D eigenvalue weighted by atomic mass is 9.79. The maximum absolute atomic E-state index is 2.78. The van der Waals surface area contributed by atoms with E-state index in [-0.39, 0.29) is 5.41 Å². The van der Waals surface area contributed by atoms with Crippen LogP contribution in [0.25, 0.3) is 0 Å². The monoisotopic (exact) mass is 458 g/mol. The first-order valence-corrected chi connectivity index (χ1v) is 13.8. The number of aryl methyl sites for hydroxylation is 2. The standard InChI is InChI=1S/C30H38N2S/c1-25-7-5-12-29(21-25)32-19-16-30(24-32,28-15-20-33-22-28)23-31-17-13-27(14-18-31)11-6-10-26-8-3-2-4-9-26/h2-5,7-9,12,15,20-22,27H,6,10-11,13-14,16-19,23-24H2,1H3/t30-/m0/s1. The lowest BCUT2D eigenvalue weighted by Crippen LogP contribution is -2.46. The molecule has 2 nitrogen and oxygen atoms in total. The molecule has 2 aromatic carbocycles. The predicted molar refractivity (Wildman–Crippen MR) is 143 cm³/mol. The largest absolute Gasteiger partial charge is 0.371 e. The van der Waals surface area contributed by atoms with E-state index in [1.807, 2.05) is 11.3 Å². The summed E-state index contributed by atoms with van der Waals surface area (Å²) in [4.78, 5) is 5.41. The summed E-state index contributed by atoms with van der Waals surface area (Å²) >= 11 is 1.86. The zero-order valence-corrected chi connectivity index (χ0v) is 20.9. The third-order valence-corrected chi connectivity index (χ3v) is 8.69. The second-order valence-electron chi connectivity index (χ2n) is 10.4. The number of benzene rings is 2. The number of hydrogen-bond donors (Lipinski definition) is 0. The van der Waals surface area contributed by atoms with Crippen molar-refractivity contribution in [3.63, 3.8) is 0 Å². The third kappa shape index (κ3) is 5.53. The van der Waals surface area contributed by atoms with Crippen LogP contribution in [0.4, 0.5) is 5.69 Å². The van der Waals surface area contributed by atoms with Crippen molar-refractivity contribution in [1.82, 2.24) is 4.90 Å². The van der Waals surface area contributed by atoms with Crippen LogP contribution in [0, 0.1) is 12.8 Å². The van der Waals surface area contributed by atoms with Crippen LogP contribution in [0.5, 0.6) is 0 Å². The van der Waals surface area contributed by atoms with Gasteiger partial charge in [0, 0.05) is 30.7 Å². The van der Waals surface area contributed by atoms with Crippen molar-refractivity contribution in [3.8, 4) is 0 Å². The Bertz CT molecular complexity index is 991. The van der Waals surface area contributed by atoms with Gasteiger partial charge in [0.1, 0.15) is 0 Å². The fourth-order valence-electron chi connectivity index (χ4n) is 6.04. The Morgan fingerprint density at radius 2 is 1.82 bits per heavy atom. The highest BCUT2D eigenvalue weighted by Gasteiger charge is 2.41. The molecule has 5 rings (SSSR count). The molecule has 1 atom stereocenters. The molecular weight excluding hydrogens is 420 g/mol. The van der Waals surface area contributed by atoms with Gasteiger partial charge in [-0.15, -0.1) is 0 Å². The maximum atomic E-state index is 2.78. The highest BCUT2D eigenvalue weighted by Crippen LogP contribution is 2.39. The molecular formula is C30H38N2S. The second-order valence-corrected chi connectivity index (χ2v) is 11.2. The molecule has 0 N–H and O–H groups in total. The molecule has 3 heterocycles. The zero-order valence-electron chi connectivity index (χ0n) is 20.1. The van der Waals surface area contributed by atoms with Gasteiger partial charge in [-0.2, -0.15) is 11.3 Å². The predicted octanol–water partition coefficient (Wildman–Crippen LogP) is 6.94. The number of thiophene rings is 1. The van der Waals surface area contributed by atoms with E-state index < -0.39 is 0 Å². The molecule has 174 valence electrons. The Balaban J connectivity index is 1.17. The lowest BCUT2D eigenvalue weighted by Gasteiger charge is -2.39. The van der Waals surface area contributed by atoms with Crippen molar-refractivity contribution >= 4 is 17.0 Å². The average Bonchev–Trinajstić information content (AvgIpc) is 3.53. The van der Waals surface area contributed by atoms with Crippen molar-refractivity contribution in [2.24, 2.45) is 5.92 Å². The van der Waals surface area contributed by atoms with Crippen LogP contribution in [0.3, 0.4) is 0 Å². The second kappa shape index (κ2) is 10.4. The summed E-state index contributed by atoms with van der Waals surface area (Å²) in [5.74, 6) is 0.912. The minimum Gasteiger partial charge on any atom is -0.371 e. The summed E-state index contributed by atoms with van der Waals surface area (Å²) in [6.07, 6.45) is 7.95. The van der Waals surface area contributed by atoms with Crippen molar-refractivity contribution in [1.29, 1.82) is 0 Å². The van der Waals surface area contributed by atoms with Crippen LogP contribution in [0.1, 0.15) is 48.8 Å². The Morgan fingerprint density at radius 3 is 2.58 bits per heavy atom. The molecule has 3 aromatic rings. The highest BCUT2D eigenvalue weighted by molar-refractivity contribution is 7.08. The van der Waals surface area contributed by atoms with Gasteiger partial charge in [0.05, 0.1) is 0 Å². The van der Waals surface area contributed by atoms with Crippen LogP contribution in [0.2, 0.25) is 0 Å². The molecule has 2 fully saturated rings. The Morgan fingerprint density at radius 1 is 0.970 bits per heavy atom. The number of hydrogen-bond acceptors (Lipinski definition) is 3. The van der Waals surface area contributed by atoms with E-state index in [4.69, 9.17) is 0 Å². The summed E-state index contributed by atoms with van der Waals surface area (Å²) in [6.45, 7) is 8.26. The molecule has 0 radical (unpaired) electrons. The van der Waals surface area contributed by atoms with E-state index in [1.54, 1.807) is 5.56 Å². The fourth-order valence-corrected chi connectivity index (χ4v) is 6.82. The van der Waals surface area contributed by atoms with E-state index in [9.17, 15) is 0 Å². The third-order valence-electron chi connectivity index (χ3n) is 8.01. The number of likely N-dealkylation sites (tertiary alicyclic amines) is 1. The highest BCUT2D eigenvalue weighted by atomic mass is 32.1. The quantitative estimate of drug-likeness (QED) is 0.361. The molecule has 0 bridgehead atoms. The maximum Gasteiger partial charge on any atom is 0.0369 e. The van der Waals surface area contributed by atoms with Crippen LogP contribution in [-0.2, 0) is 11.8 Å². The van der Waals surface area contributed by atoms with E-state index in [0.717, 1.165) is 19.0 Å². The van der Waals surface area contributed by atoms with Gasteiger partial charge in [-0.1, -0.05) is 48.9 Å². The molecule has 1 aromatic heterocycles. The van der Waals surface area contributed by atoms with Crippen LogP contribution >= 0.6 is 11.3 Å². The molecule has 0 aliphatic carbocycles. The zero-order chi connectivity index (χ0) is 22.5. The molecule has 0 unspecified atom stereocenters. The van der Waals surface area contributed by atoms with Gasteiger partial charge in [-0.05, 0) is 104 Å². The van der Waals surface area contributed by atoms with Crippen molar-refractivity contribution in [2.45, 2.75) is 50.9 Å². The summed E-state index contributed by atoms with van der Waals surface area (Å²) in [7, 11) is 0. The Kier molecular flexibility index (Phi) is 7.18. The molecule has 2 aliphatic rings. The van der Waals surface area contributed by atoms with E-state index >= 15 is 0 Å². The normalized spacial score (nSPS) is 22.2. The van der Waals surface area contributed by atoms with E-state index in [0.29, 0.717) is 0 Å². The van der Waals surface area contributed by atoms with Gasteiger partial charge in [-0.3, -0.25) is 0 Å². The fraction of sp³-hybridized carbons (Fsp3) is 0.467. The molecule has 0 saturated carbocycles. The first-order valence-electron chi connectivity index (χ1n) is 12.8. The molecule has 2 saturated heterocycles. The van der Waals surface area contributed by atoms with Crippen LogP contribution in [0.15, 0.2) is 71.4 Å². The van der Waals surface area contributed by atoms with Crippen molar-refractivity contribution < 1.29 is 0 Å². The summed E-state index contributed by atoms with van der Waals surface area (Å²) in [5.41, 5.74) is 6.07. The van der Waals surface area contributed by atoms with Crippen LogP contribution < -0.4 is 4.90 Å². The SMILES string of the molecule is Cc1cccc(N2CC[C@@](CN3CCC(CCCc4ccccc4)CC3)(c3ccsc3)C2)c1. The van der Waals surface area contributed by atoms with Crippen molar-refractivity contribution in [3.05, 3.63) is 88.1 Å². The van der Waals surface area contributed by atoms with Gasteiger partial charge < -0.3 is 9.80 Å². The average molecular weight is 459 g/mol. The smallest absolute Gasteiger partial charge is 0.0369 e.